The molecule has 0 aliphatic heterocycles. The summed E-state index contributed by atoms with van der Waals surface area (Å²) in [5.74, 6) is 1.71. The molecular weight excluding hydrogens is 362 g/mol. The van der Waals surface area contributed by atoms with Gasteiger partial charge in [0.25, 0.3) is 0 Å². The largest absolute Gasteiger partial charge is 0.383 e. The topological polar surface area (TPSA) is 61.0 Å². The van der Waals surface area contributed by atoms with Gasteiger partial charge in [-0.3, -0.25) is 0 Å². The second-order valence-electron chi connectivity index (χ2n) is 3.96. The van der Waals surface area contributed by atoms with E-state index in [-0.39, 0.29) is 0 Å². The monoisotopic (exact) mass is 373 g/mol. The lowest BCUT2D eigenvalue weighted by atomic mass is 10.4. The van der Waals surface area contributed by atoms with Crippen molar-refractivity contribution in [3.63, 3.8) is 0 Å². The first kappa shape index (κ1) is 15.6. The Morgan fingerprint density at radius 1 is 1.40 bits per heavy atom. The van der Waals surface area contributed by atoms with Gasteiger partial charge in [0, 0.05) is 17.0 Å². The maximum absolute atomic E-state index is 5.95. The van der Waals surface area contributed by atoms with Gasteiger partial charge in [-0.05, 0) is 34.1 Å². The highest BCUT2D eigenvalue weighted by Crippen LogP contribution is 2.27. The van der Waals surface area contributed by atoms with E-state index >= 15 is 0 Å². The average Bonchev–Trinajstić information content (AvgIpc) is 2.42. The van der Waals surface area contributed by atoms with E-state index in [4.69, 9.17) is 22.1 Å². The molecule has 0 fully saturated rings. The van der Waals surface area contributed by atoms with Crippen molar-refractivity contribution >= 4 is 45.1 Å². The van der Waals surface area contributed by atoms with Crippen LogP contribution in [0, 0.1) is 0 Å². The Bertz CT molecular complexity index is 612. The predicted molar refractivity (Wildman–Crippen MR) is 85.9 cm³/mol. The molecule has 0 aliphatic carbocycles. The lowest BCUT2D eigenvalue weighted by molar-refractivity contribution is 0.180. The van der Waals surface area contributed by atoms with Crippen LogP contribution in [0.1, 0.15) is 11.5 Å². The van der Waals surface area contributed by atoms with Crippen LogP contribution in [0.5, 0.6) is 0 Å². The first-order valence-electron chi connectivity index (χ1n) is 5.78. The predicted octanol–water partition coefficient (Wildman–Crippen LogP) is 3.91. The molecule has 0 atom stereocenters. The van der Waals surface area contributed by atoms with Crippen molar-refractivity contribution in [2.45, 2.75) is 17.3 Å². The fraction of sp³-hybridized carbons (Fsp3) is 0.231. The Hall–Kier alpha value is -0.820. The number of ether oxygens (including phenoxy) is 1. The van der Waals surface area contributed by atoms with Gasteiger partial charge in [-0.1, -0.05) is 17.7 Å². The molecule has 0 spiro atoms. The minimum Gasteiger partial charge on any atom is -0.383 e. The maximum Gasteiger partial charge on any atom is 0.141 e. The van der Waals surface area contributed by atoms with Crippen molar-refractivity contribution in [3.8, 4) is 0 Å². The summed E-state index contributed by atoms with van der Waals surface area (Å²) < 4.78 is 5.79. The number of aromatic nitrogens is 2. The first-order chi connectivity index (χ1) is 9.60. The molecule has 1 heterocycles. The number of hydrogen-bond acceptors (Lipinski definition) is 5. The lowest BCUT2D eigenvalue weighted by Crippen LogP contribution is -2.05. The van der Waals surface area contributed by atoms with Crippen LogP contribution in [0.3, 0.4) is 0 Å². The zero-order valence-corrected chi connectivity index (χ0v) is 13.9. The van der Waals surface area contributed by atoms with E-state index in [1.54, 1.807) is 18.9 Å². The van der Waals surface area contributed by atoms with E-state index in [1.165, 1.54) is 0 Å². The number of rotatable bonds is 5. The number of methoxy groups -OCH3 is 1. The maximum atomic E-state index is 5.95. The number of nitrogens with zero attached hydrogens (tertiary/aromatic N) is 2. The molecule has 2 aromatic rings. The second-order valence-corrected chi connectivity index (χ2v) is 6.24. The fourth-order valence-corrected chi connectivity index (χ4v) is 2.92. The molecule has 1 aromatic heterocycles. The summed E-state index contributed by atoms with van der Waals surface area (Å²) in [7, 11) is 1.62. The Morgan fingerprint density at radius 2 is 2.20 bits per heavy atom. The van der Waals surface area contributed by atoms with Crippen LogP contribution in [0.25, 0.3) is 0 Å². The third-order valence-corrected chi connectivity index (χ3v) is 4.53. The SMILES string of the molecule is COCc1nc(CSc2cccc(Cl)c2)nc(N)c1Br. The van der Waals surface area contributed by atoms with Gasteiger partial charge in [0.2, 0.25) is 0 Å². The molecule has 2 rings (SSSR count). The quantitative estimate of drug-likeness (QED) is 0.804. The van der Waals surface area contributed by atoms with Gasteiger partial charge >= 0.3 is 0 Å². The standard InChI is InChI=1S/C13H13BrClN3OS/c1-19-6-10-12(14)13(16)18-11(17-10)7-20-9-4-2-3-8(15)5-9/h2-5H,6-7H2,1H3,(H2,16,17,18). The van der Waals surface area contributed by atoms with Crippen LogP contribution in [-0.4, -0.2) is 17.1 Å². The average molecular weight is 375 g/mol. The molecular formula is C13H13BrClN3OS. The summed E-state index contributed by atoms with van der Waals surface area (Å²) in [5, 5.41) is 0.714. The molecule has 7 heteroatoms. The Balaban J connectivity index is 2.13. The zero-order valence-electron chi connectivity index (χ0n) is 10.8. The molecule has 0 bridgehead atoms. The molecule has 0 saturated carbocycles. The van der Waals surface area contributed by atoms with Crippen LogP contribution < -0.4 is 5.73 Å². The van der Waals surface area contributed by atoms with Crippen LogP contribution in [0.2, 0.25) is 5.02 Å². The molecule has 0 aliphatic rings. The summed E-state index contributed by atoms with van der Waals surface area (Å²) in [6.07, 6.45) is 0. The molecule has 1 aromatic carbocycles. The van der Waals surface area contributed by atoms with Crippen molar-refractivity contribution in [1.82, 2.24) is 9.97 Å². The highest BCUT2D eigenvalue weighted by Gasteiger charge is 2.10. The van der Waals surface area contributed by atoms with Gasteiger partial charge in [0.05, 0.1) is 22.5 Å². The molecule has 4 nitrogen and oxygen atoms in total. The van der Waals surface area contributed by atoms with Crippen molar-refractivity contribution in [1.29, 1.82) is 0 Å². The first-order valence-corrected chi connectivity index (χ1v) is 7.94. The van der Waals surface area contributed by atoms with Gasteiger partial charge in [-0.25, -0.2) is 9.97 Å². The highest BCUT2D eigenvalue weighted by atomic mass is 79.9. The summed E-state index contributed by atoms with van der Waals surface area (Å²) in [4.78, 5) is 9.77. The number of nitrogens with two attached hydrogens (primary N) is 1. The minimum atomic E-state index is 0.391. The number of thioether (sulfide) groups is 1. The Labute approximate surface area is 135 Å². The van der Waals surface area contributed by atoms with Crippen LogP contribution in [-0.2, 0) is 17.1 Å². The van der Waals surface area contributed by atoms with E-state index < -0.39 is 0 Å². The van der Waals surface area contributed by atoms with Crippen LogP contribution in [0.4, 0.5) is 5.82 Å². The summed E-state index contributed by atoms with van der Waals surface area (Å²) in [6.45, 7) is 0.391. The Kier molecular flexibility index (Phi) is 5.65. The van der Waals surface area contributed by atoms with Gasteiger partial charge in [0.1, 0.15) is 11.6 Å². The van der Waals surface area contributed by atoms with Crippen LogP contribution in [0.15, 0.2) is 33.6 Å². The highest BCUT2D eigenvalue weighted by molar-refractivity contribution is 9.10. The van der Waals surface area contributed by atoms with Crippen molar-refractivity contribution in [3.05, 3.63) is 45.3 Å². The molecule has 20 heavy (non-hydrogen) atoms. The molecule has 0 amide bonds. The molecule has 0 unspecified atom stereocenters. The van der Waals surface area contributed by atoms with E-state index in [9.17, 15) is 0 Å². The third-order valence-electron chi connectivity index (χ3n) is 2.44. The minimum absolute atomic E-state index is 0.391. The van der Waals surface area contributed by atoms with E-state index in [2.05, 4.69) is 25.9 Å². The number of nitrogen functional groups attached to an aromatic ring is 1. The lowest BCUT2D eigenvalue weighted by Gasteiger charge is -2.08. The summed E-state index contributed by atoms with van der Waals surface area (Å²) in [5.41, 5.74) is 6.61. The van der Waals surface area contributed by atoms with E-state index in [1.807, 2.05) is 24.3 Å². The number of hydrogen-bond donors (Lipinski definition) is 1. The van der Waals surface area contributed by atoms with E-state index in [0.717, 1.165) is 10.6 Å². The van der Waals surface area contributed by atoms with Gasteiger partial charge < -0.3 is 10.5 Å². The van der Waals surface area contributed by atoms with Crippen molar-refractivity contribution < 1.29 is 4.74 Å². The number of benzene rings is 1. The molecule has 0 saturated heterocycles. The van der Waals surface area contributed by atoms with Crippen molar-refractivity contribution in [2.75, 3.05) is 12.8 Å². The smallest absolute Gasteiger partial charge is 0.141 e. The number of anilines is 1. The zero-order chi connectivity index (χ0) is 14.5. The summed E-state index contributed by atoms with van der Waals surface area (Å²) in [6, 6.07) is 7.66. The van der Waals surface area contributed by atoms with Gasteiger partial charge in [-0.2, -0.15) is 0 Å². The normalized spacial score (nSPS) is 10.8. The van der Waals surface area contributed by atoms with E-state index in [0.29, 0.717) is 33.5 Å². The number of halogens is 2. The van der Waals surface area contributed by atoms with Crippen LogP contribution >= 0.6 is 39.3 Å². The Morgan fingerprint density at radius 3 is 2.90 bits per heavy atom. The van der Waals surface area contributed by atoms with Gasteiger partial charge in [0.15, 0.2) is 0 Å². The molecule has 0 radical (unpaired) electrons. The van der Waals surface area contributed by atoms with Crippen molar-refractivity contribution in [2.24, 2.45) is 0 Å². The summed E-state index contributed by atoms with van der Waals surface area (Å²) >= 11 is 10.9. The van der Waals surface area contributed by atoms with Gasteiger partial charge in [-0.15, -0.1) is 11.8 Å². The fourth-order valence-electron chi connectivity index (χ4n) is 1.57. The molecule has 2 N–H and O–H groups in total. The third kappa shape index (κ3) is 4.09. The second kappa shape index (κ2) is 7.26. The molecule has 106 valence electrons.